The molecule has 3 aromatic rings. The lowest BCUT2D eigenvalue weighted by atomic mass is 9.86. The molecule has 256 valence electrons. The van der Waals surface area contributed by atoms with Crippen LogP contribution in [0.25, 0.3) is 0 Å². The van der Waals surface area contributed by atoms with Gasteiger partial charge in [-0.3, -0.25) is 14.6 Å². The zero-order chi connectivity index (χ0) is 34.0. The van der Waals surface area contributed by atoms with Crippen LogP contribution < -0.4 is 14.5 Å². The maximum Gasteiger partial charge on any atom is 0.416 e. The van der Waals surface area contributed by atoms with Crippen molar-refractivity contribution in [3.63, 3.8) is 0 Å². The van der Waals surface area contributed by atoms with Crippen LogP contribution in [0.1, 0.15) is 41.4 Å². The van der Waals surface area contributed by atoms with E-state index in [4.69, 9.17) is 9.47 Å². The second-order valence-corrected chi connectivity index (χ2v) is 13.0. The average molecular weight is 667 g/mol. The van der Waals surface area contributed by atoms with Gasteiger partial charge in [0.2, 0.25) is 5.91 Å². The Morgan fingerprint density at radius 3 is 2.31 bits per heavy atom. The highest BCUT2D eigenvalue weighted by molar-refractivity contribution is 5.82. The molecule has 6 rings (SSSR count). The van der Waals surface area contributed by atoms with Crippen LogP contribution in [0.3, 0.4) is 0 Å². The third kappa shape index (κ3) is 6.94. The minimum atomic E-state index is -4.53. The van der Waals surface area contributed by atoms with E-state index in [-0.39, 0.29) is 29.6 Å². The molecule has 0 radical (unpaired) electrons. The number of carbonyl (C=O) groups is 2. The van der Waals surface area contributed by atoms with Gasteiger partial charge in [-0.1, -0.05) is 18.2 Å². The normalized spacial score (nSPS) is 23.5. The van der Waals surface area contributed by atoms with Crippen molar-refractivity contribution in [1.29, 1.82) is 0 Å². The van der Waals surface area contributed by atoms with E-state index in [1.54, 1.807) is 32.7 Å². The Labute approximate surface area is 278 Å². The Morgan fingerprint density at radius 2 is 1.69 bits per heavy atom. The van der Waals surface area contributed by atoms with E-state index in [0.29, 0.717) is 64.4 Å². The highest BCUT2D eigenvalue weighted by atomic mass is 19.4. The monoisotopic (exact) mass is 666 g/mol. The lowest BCUT2D eigenvalue weighted by Crippen LogP contribution is -2.38. The van der Waals surface area contributed by atoms with Gasteiger partial charge in [0.1, 0.15) is 5.75 Å². The molecule has 0 saturated carbocycles. The largest absolute Gasteiger partial charge is 0.497 e. The lowest BCUT2D eigenvalue weighted by Gasteiger charge is -2.35. The summed E-state index contributed by atoms with van der Waals surface area (Å²) in [6.07, 6.45) is -0.320. The van der Waals surface area contributed by atoms with E-state index in [0.717, 1.165) is 28.6 Å². The van der Waals surface area contributed by atoms with Crippen LogP contribution in [-0.4, -0.2) is 87.0 Å². The molecule has 3 aliphatic heterocycles. The van der Waals surface area contributed by atoms with E-state index in [2.05, 4.69) is 9.88 Å². The molecule has 9 nitrogen and oxygen atoms in total. The lowest BCUT2D eigenvalue weighted by molar-refractivity contribution is -0.142. The number of likely N-dealkylation sites (tertiary alicyclic amines) is 1. The summed E-state index contributed by atoms with van der Waals surface area (Å²) in [5.41, 5.74) is 2.39. The molecule has 1 N–H and O–H groups in total. The van der Waals surface area contributed by atoms with Crippen molar-refractivity contribution < 1.29 is 37.3 Å². The number of alkyl halides is 3. The van der Waals surface area contributed by atoms with Crippen LogP contribution in [0.2, 0.25) is 0 Å². The number of halogens is 3. The van der Waals surface area contributed by atoms with Crippen molar-refractivity contribution in [3.05, 3.63) is 83.7 Å². The van der Waals surface area contributed by atoms with Gasteiger partial charge in [-0.25, -0.2) is 0 Å². The summed E-state index contributed by atoms with van der Waals surface area (Å²) in [6, 6.07) is 15.5. The number of pyridine rings is 1. The number of anilines is 2. The van der Waals surface area contributed by atoms with Gasteiger partial charge in [-0.2, -0.15) is 13.2 Å². The first-order valence-electron chi connectivity index (χ1n) is 16.3. The number of hydrogen-bond acceptors (Lipinski definition) is 7. The first-order chi connectivity index (χ1) is 23.1. The molecule has 0 unspecified atom stereocenters. The minimum Gasteiger partial charge on any atom is -0.497 e. The van der Waals surface area contributed by atoms with Crippen molar-refractivity contribution in [1.82, 2.24) is 9.88 Å². The van der Waals surface area contributed by atoms with Gasteiger partial charge in [0.25, 0.3) is 0 Å². The molecule has 48 heavy (non-hydrogen) atoms. The molecule has 3 saturated heterocycles. The van der Waals surface area contributed by atoms with Gasteiger partial charge < -0.3 is 29.3 Å². The maximum atomic E-state index is 14.5. The van der Waals surface area contributed by atoms with Crippen molar-refractivity contribution in [2.45, 2.75) is 30.9 Å². The van der Waals surface area contributed by atoms with E-state index < -0.39 is 23.6 Å². The number of amides is 1. The fourth-order valence-corrected chi connectivity index (χ4v) is 7.69. The highest BCUT2D eigenvalue weighted by Crippen LogP contribution is 2.44. The predicted octanol–water partition coefficient (Wildman–Crippen LogP) is 5.52. The topological polar surface area (TPSA) is 95.4 Å². The summed E-state index contributed by atoms with van der Waals surface area (Å²) in [7, 11) is 3.20. The zero-order valence-corrected chi connectivity index (χ0v) is 27.1. The number of rotatable bonds is 9. The summed E-state index contributed by atoms with van der Waals surface area (Å²) in [6.45, 7) is 2.90. The van der Waals surface area contributed by atoms with Gasteiger partial charge >= 0.3 is 12.1 Å². The average Bonchev–Trinajstić information content (AvgIpc) is 3.73. The maximum absolute atomic E-state index is 14.5. The number of carboxylic acids is 1. The molecule has 1 aromatic heterocycles. The molecular formula is C36H41F3N4O5. The van der Waals surface area contributed by atoms with Gasteiger partial charge in [-0.05, 0) is 60.4 Å². The molecule has 4 heterocycles. The van der Waals surface area contributed by atoms with Crippen molar-refractivity contribution >= 4 is 23.3 Å². The first-order valence-corrected chi connectivity index (χ1v) is 16.3. The molecule has 3 aliphatic rings. The van der Waals surface area contributed by atoms with Crippen LogP contribution in [0.15, 0.2) is 67.0 Å². The van der Waals surface area contributed by atoms with E-state index in [9.17, 15) is 27.9 Å². The summed E-state index contributed by atoms with van der Waals surface area (Å²) in [5.74, 6) is -1.53. The Hall–Kier alpha value is -4.32. The van der Waals surface area contributed by atoms with Crippen LogP contribution >= 0.6 is 0 Å². The summed E-state index contributed by atoms with van der Waals surface area (Å²) >= 11 is 0. The molecule has 0 bridgehead atoms. The number of carbonyl (C=O) groups excluding carboxylic acids is 1. The van der Waals surface area contributed by atoms with Crippen LogP contribution in [0.5, 0.6) is 5.75 Å². The second-order valence-electron chi connectivity index (χ2n) is 13.0. The molecule has 1 amide bonds. The van der Waals surface area contributed by atoms with Crippen LogP contribution in [-0.2, 0) is 20.5 Å². The van der Waals surface area contributed by atoms with Crippen molar-refractivity contribution in [2.75, 3.05) is 69.9 Å². The predicted molar refractivity (Wildman–Crippen MR) is 174 cm³/mol. The number of hydrogen-bond donors (Lipinski definition) is 1. The number of ether oxygens (including phenoxy) is 2. The van der Waals surface area contributed by atoms with Gasteiger partial charge in [-0.15, -0.1) is 0 Å². The Balaban J connectivity index is 1.30. The number of nitrogens with zero attached hydrogens (tertiary/aromatic N) is 4. The SMILES string of the molecule is COC[C@H]1CN(C(=O)[C@@H]2CN(c3cccnc3)C[C@H]2c2ccc(OC)cc2)C[C@@H]1c1ccc(C(F)(F)F)cc1N1CCC(C(=O)O)CC1. The van der Waals surface area contributed by atoms with Crippen molar-refractivity contribution in [2.24, 2.45) is 17.8 Å². The molecule has 4 atom stereocenters. The van der Waals surface area contributed by atoms with E-state index >= 15 is 0 Å². The molecule has 3 fully saturated rings. The van der Waals surface area contributed by atoms with E-state index in [1.165, 1.54) is 6.07 Å². The zero-order valence-electron chi connectivity index (χ0n) is 27.1. The number of carboxylic acid groups (broad SMARTS) is 1. The van der Waals surface area contributed by atoms with Crippen LogP contribution in [0.4, 0.5) is 24.5 Å². The number of methoxy groups -OCH3 is 2. The summed E-state index contributed by atoms with van der Waals surface area (Å²) in [4.78, 5) is 36.3. The first kappa shape index (κ1) is 33.6. The fourth-order valence-electron chi connectivity index (χ4n) is 7.69. The molecule has 12 heteroatoms. The molecule has 2 aromatic carbocycles. The smallest absolute Gasteiger partial charge is 0.416 e. The molecule has 0 aliphatic carbocycles. The summed E-state index contributed by atoms with van der Waals surface area (Å²) < 4.78 is 52.8. The highest BCUT2D eigenvalue weighted by Gasteiger charge is 2.45. The third-order valence-electron chi connectivity index (χ3n) is 10.3. The standard InChI is InChI=1S/C36H41F3N4O5/c1-47-22-25-18-43(20-31(25)29-10-7-26(36(37,38)39)16-33(29)41-14-11-24(12-15-41)35(45)46)34(44)32-21-42(27-4-3-13-40-17-27)19-30(32)23-5-8-28(48-2)9-6-23/h3-10,13,16-17,24-25,30-32H,11-12,14-15,18-22H2,1-2H3,(H,45,46)/t25-,30+,31+,32-/m1/s1. The Bertz CT molecular complexity index is 1580. The fraction of sp³-hybridized carbons (Fsp3) is 0.472. The number of piperidine rings is 1. The third-order valence-corrected chi connectivity index (χ3v) is 10.3. The van der Waals surface area contributed by atoms with Crippen molar-refractivity contribution in [3.8, 4) is 5.75 Å². The summed E-state index contributed by atoms with van der Waals surface area (Å²) in [5, 5.41) is 9.50. The van der Waals surface area contributed by atoms with Gasteiger partial charge in [0.15, 0.2) is 0 Å². The number of aliphatic carboxylic acids is 1. The molecular weight excluding hydrogens is 625 g/mol. The number of aromatic nitrogens is 1. The van der Waals surface area contributed by atoms with Gasteiger partial charge in [0, 0.05) is 76.0 Å². The minimum absolute atomic E-state index is 0.00143. The van der Waals surface area contributed by atoms with Gasteiger partial charge in [0.05, 0.1) is 43.0 Å². The molecule has 0 spiro atoms. The van der Waals surface area contributed by atoms with Crippen LogP contribution in [0, 0.1) is 17.8 Å². The number of benzene rings is 2. The Kier molecular flexibility index (Phi) is 9.82. The Morgan fingerprint density at radius 1 is 0.938 bits per heavy atom. The van der Waals surface area contributed by atoms with E-state index in [1.807, 2.05) is 46.2 Å². The second kappa shape index (κ2) is 14.0. The quantitative estimate of drug-likeness (QED) is 0.319.